The van der Waals surface area contributed by atoms with Crippen molar-refractivity contribution in [1.82, 2.24) is 15.0 Å². The van der Waals surface area contributed by atoms with Gasteiger partial charge in [0, 0.05) is 19.5 Å². The van der Waals surface area contributed by atoms with Crippen LogP contribution >= 0.6 is 0 Å². The molecular formula is C9H18N4O. The minimum absolute atomic E-state index is 0.645. The Morgan fingerprint density at radius 3 is 2.93 bits per heavy atom. The molecule has 0 aliphatic carbocycles. The summed E-state index contributed by atoms with van der Waals surface area (Å²) in [5.74, 6) is 1.47. The molecule has 2 N–H and O–H groups in total. The molecule has 80 valence electrons. The Balaban J connectivity index is 2.42. The van der Waals surface area contributed by atoms with Gasteiger partial charge < -0.3 is 10.3 Å². The van der Waals surface area contributed by atoms with E-state index in [0.29, 0.717) is 19.0 Å². The molecule has 0 fully saturated rings. The number of nitrogens with zero attached hydrogens (tertiary/aromatic N) is 3. The molecule has 0 amide bonds. The van der Waals surface area contributed by atoms with E-state index in [9.17, 15) is 0 Å². The van der Waals surface area contributed by atoms with Crippen LogP contribution in [0.3, 0.4) is 0 Å². The zero-order valence-corrected chi connectivity index (χ0v) is 8.86. The first-order valence-corrected chi connectivity index (χ1v) is 4.96. The molecule has 5 nitrogen and oxygen atoms in total. The number of likely N-dealkylation sites (N-methyl/N-ethyl adjacent to an activating group) is 1. The van der Waals surface area contributed by atoms with Crippen molar-refractivity contribution in [3.63, 3.8) is 0 Å². The van der Waals surface area contributed by atoms with E-state index >= 15 is 0 Å². The molecule has 0 bridgehead atoms. The second kappa shape index (κ2) is 5.72. The summed E-state index contributed by atoms with van der Waals surface area (Å²) in [6.07, 6.45) is 1.92. The van der Waals surface area contributed by atoms with Crippen LogP contribution < -0.4 is 5.73 Å². The average Bonchev–Trinajstić information content (AvgIpc) is 2.53. The minimum Gasteiger partial charge on any atom is -0.338 e. The van der Waals surface area contributed by atoms with E-state index < -0.39 is 0 Å². The zero-order chi connectivity index (χ0) is 10.4. The molecule has 0 atom stereocenters. The molecule has 0 spiro atoms. The van der Waals surface area contributed by atoms with Crippen LogP contribution in [-0.4, -0.2) is 35.2 Å². The van der Waals surface area contributed by atoms with Crippen LogP contribution in [0.2, 0.25) is 0 Å². The van der Waals surface area contributed by atoms with Crippen molar-refractivity contribution in [1.29, 1.82) is 0 Å². The molecule has 0 aliphatic heterocycles. The van der Waals surface area contributed by atoms with Crippen LogP contribution in [0.4, 0.5) is 0 Å². The Morgan fingerprint density at radius 1 is 1.50 bits per heavy atom. The minimum atomic E-state index is 0.645. The lowest BCUT2D eigenvalue weighted by molar-refractivity contribution is 0.271. The highest BCUT2D eigenvalue weighted by molar-refractivity contribution is 4.85. The number of aryl methyl sites for hydroxylation is 1. The SMILES string of the molecule is CCCc1noc(CN(C)CCN)n1. The Kier molecular flexibility index (Phi) is 4.55. The van der Waals surface area contributed by atoms with Gasteiger partial charge in [0.2, 0.25) is 5.89 Å². The third-order valence-electron chi connectivity index (χ3n) is 1.90. The van der Waals surface area contributed by atoms with E-state index in [1.54, 1.807) is 0 Å². The normalized spacial score (nSPS) is 11.1. The van der Waals surface area contributed by atoms with Crippen molar-refractivity contribution in [3.8, 4) is 0 Å². The van der Waals surface area contributed by atoms with Gasteiger partial charge in [-0.2, -0.15) is 4.98 Å². The Morgan fingerprint density at radius 2 is 2.29 bits per heavy atom. The predicted octanol–water partition coefficient (Wildman–Crippen LogP) is 0.413. The van der Waals surface area contributed by atoms with Crippen molar-refractivity contribution >= 4 is 0 Å². The monoisotopic (exact) mass is 198 g/mol. The first kappa shape index (κ1) is 11.1. The van der Waals surface area contributed by atoms with E-state index in [-0.39, 0.29) is 0 Å². The number of hydrogen-bond donors (Lipinski definition) is 1. The molecule has 1 aromatic rings. The smallest absolute Gasteiger partial charge is 0.240 e. The van der Waals surface area contributed by atoms with Gasteiger partial charge in [-0.25, -0.2) is 0 Å². The summed E-state index contributed by atoms with van der Waals surface area (Å²) in [6.45, 7) is 4.25. The van der Waals surface area contributed by atoms with Gasteiger partial charge in [-0.1, -0.05) is 12.1 Å². The van der Waals surface area contributed by atoms with Gasteiger partial charge >= 0.3 is 0 Å². The van der Waals surface area contributed by atoms with E-state index in [1.165, 1.54) is 0 Å². The van der Waals surface area contributed by atoms with Gasteiger partial charge in [-0.15, -0.1) is 0 Å². The van der Waals surface area contributed by atoms with E-state index in [4.69, 9.17) is 10.3 Å². The Hall–Kier alpha value is -0.940. The van der Waals surface area contributed by atoms with Crippen molar-refractivity contribution in [2.45, 2.75) is 26.3 Å². The summed E-state index contributed by atoms with van der Waals surface area (Å²) >= 11 is 0. The molecule has 5 heteroatoms. The summed E-state index contributed by atoms with van der Waals surface area (Å²) in [7, 11) is 1.98. The van der Waals surface area contributed by atoms with Crippen LogP contribution in [0.15, 0.2) is 4.52 Å². The lowest BCUT2D eigenvalue weighted by atomic mass is 10.3. The third kappa shape index (κ3) is 3.43. The van der Waals surface area contributed by atoms with E-state index in [0.717, 1.165) is 25.2 Å². The average molecular weight is 198 g/mol. The maximum atomic E-state index is 5.43. The maximum absolute atomic E-state index is 5.43. The van der Waals surface area contributed by atoms with Crippen LogP contribution in [-0.2, 0) is 13.0 Å². The summed E-state index contributed by atoms with van der Waals surface area (Å²) in [6, 6.07) is 0. The molecule has 0 saturated carbocycles. The third-order valence-corrected chi connectivity index (χ3v) is 1.90. The summed E-state index contributed by atoms with van der Waals surface area (Å²) in [5.41, 5.74) is 5.43. The number of aromatic nitrogens is 2. The van der Waals surface area contributed by atoms with Crippen LogP contribution in [0, 0.1) is 0 Å². The highest BCUT2D eigenvalue weighted by Gasteiger charge is 2.07. The molecule has 0 aliphatic rings. The van der Waals surface area contributed by atoms with Crippen LogP contribution in [0.5, 0.6) is 0 Å². The van der Waals surface area contributed by atoms with Crippen molar-refractivity contribution in [2.75, 3.05) is 20.1 Å². The fraction of sp³-hybridized carbons (Fsp3) is 0.778. The van der Waals surface area contributed by atoms with Crippen LogP contribution in [0.25, 0.3) is 0 Å². The van der Waals surface area contributed by atoms with Gasteiger partial charge in [0.25, 0.3) is 0 Å². The predicted molar refractivity (Wildman–Crippen MR) is 53.7 cm³/mol. The lowest BCUT2D eigenvalue weighted by Gasteiger charge is -2.11. The van der Waals surface area contributed by atoms with Crippen LogP contribution in [0.1, 0.15) is 25.1 Å². The molecule has 14 heavy (non-hydrogen) atoms. The lowest BCUT2D eigenvalue weighted by Crippen LogP contribution is -2.25. The summed E-state index contributed by atoms with van der Waals surface area (Å²) < 4.78 is 5.09. The number of hydrogen-bond acceptors (Lipinski definition) is 5. The molecule has 1 rings (SSSR count). The van der Waals surface area contributed by atoms with Gasteiger partial charge in [-0.3, -0.25) is 4.90 Å². The molecule has 0 aromatic carbocycles. The highest BCUT2D eigenvalue weighted by atomic mass is 16.5. The highest BCUT2D eigenvalue weighted by Crippen LogP contribution is 2.02. The Bertz CT molecular complexity index is 261. The molecule has 1 heterocycles. The fourth-order valence-corrected chi connectivity index (χ4v) is 1.21. The summed E-state index contributed by atoms with van der Waals surface area (Å²) in [4.78, 5) is 6.32. The van der Waals surface area contributed by atoms with E-state index in [1.807, 2.05) is 7.05 Å². The standard InChI is InChI=1S/C9H18N4O/c1-3-4-8-11-9(14-12-8)7-13(2)6-5-10/h3-7,10H2,1-2H3. The Labute approximate surface area is 84.3 Å². The second-order valence-electron chi connectivity index (χ2n) is 3.38. The van der Waals surface area contributed by atoms with Crippen molar-refractivity contribution in [2.24, 2.45) is 5.73 Å². The zero-order valence-electron chi connectivity index (χ0n) is 8.86. The van der Waals surface area contributed by atoms with Crippen molar-refractivity contribution < 1.29 is 4.52 Å². The molecule has 0 radical (unpaired) electrons. The van der Waals surface area contributed by atoms with E-state index in [2.05, 4.69) is 22.0 Å². The molecule has 0 unspecified atom stereocenters. The molecule has 0 saturated heterocycles. The number of nitrogens with two attached hydrogens (primary N) is 1. The van der Waals surface area contributed by atoms with Gasteiger partial charge in [0.15, 0.2) is 5.82 Å². The second-order valence-corrected chi connectivity index (χ2v) is 3.38. The van der Waals surface area contributed by atoms with Gasteiger partial charge in [0.1, 0.15) is 0 Å². The van der Waals surface area contributed by atoms with Crippen molar-refractivity contribution in [3.05, 3.63) is 11.7 Å². The topological polar surface area (TPSA) is 68.2 Å². The summed E-state index contributed by atoms with van der Waals surface area (Å²) in [5, 5.41) is 3.88. The maximum Gasteiger partial charge on any atom is 0.240 e. The quantitative estimate of drug-likeness (QED) is 0.717. The largest absolute Gasteiger partial charge is 0.338 e. The fourth-order valence-electron chi connectivity index (χ4n) is 1.21. The first-order chi connectivity index (χ1) is 6.76. The number of rotatable bonds is 6. The van der Waals surface area contributed by atoms with Gasteiger partial charge in [-0.05, 0) is 13.5 Å². The first-order valence-electron chi connectivity index (χ1n) is 4.96. The molecular weight excluding hydrogens is 180 g/mol. The van der Waals surface area contributed by atoms with Gasteiger partial charge in [0.05, 0.1) is 6.54 Å². The molecule has 1 aromatic heterocycles.